The van der Waals surface area contributed by atoms with Crippen LogP contribution in [0.3, 0.4) is 0 Å². The van der Waals surface area contributed by atoms with Crippen LogP contribution in [0.25, 0.3) is 0 Å². The van der Waals surface area contributed by atoms with E-state index in [0.717, 1.165) is 5.56 Å². The number of hydrogen-bond donors (Lipinski definition) is 2. The SMILES string of the molecule is O=C(OCP(=O)(O)O)c1cccc(CCl)c1. The fourth-order valence-electron chi connectivity index (χ4n) is 1.01. The Balaban J connectivity index is 2.69. The van der Waals surface area contributed by atoms with Gasteiger partial charge >= 0.3 is 13.6 Å². The summed E-state index contributed by atoms with van der Waals surface area (Å²) in [6, 6.07) is 6.34. The van der Waals surface area contributed by atoms with E-state index in [1.54, 1.807) is 12.1 Å². The van der Waals surface area contributed by atoms with Gasteiger partial charge in [0.25, 0.3) is 0 Å². The largest absolute Gasteiger partial charge is 0.449 e. The van der Waals surface area contributed by atoms with Gasteiger partial charge in [-0.2, -0.15) is 0 Å². The number of halogens is 1. The van der Waals surface area contributed by atoms with Crippen molar-refractivity contribution in [1.82, 2.24) is 0 Å². The molecule has 0 saturated heterocycles. The summed E-state index contributed by atoms with van der Waals surface area (Å²) < 4.78 is 14.9. The van der Waals surface area contributed by atoms with E-state index in [2.05, 4.69) is 4.74 Å². The zero-order chi connectivity index (χ0) is 12.2. The van der Waals surface area contributed by atoms with Gasteiger partial charge in [0.15, 0.2) is 6.35 Å². The van der Waals surface area contributed by atoms with E-state index in [0.29, 0.717) is 0 Å². The summed E-state index contributed by atoms with van der Waals surface area (Å²) in [5.74, 6) is -0.533. The maximum absolute atomic E-state index is 11.4. The highest BCUT2D eigenvalue weighted by molar-refractivity contribution is 7.51. The second kappa shape index (κ2) is 5.46. The minimum absolute atomic E-state index is 0.214. The van der Waals surface area contributed by atoms with E-state index in [1.165, 1.54) is 12.1 Å². The average molecular weight is 265 g/mol. The van der Waals surface area contributed by atoms with Gasteiger partial charge in [-0.25, -0.2) is 4.79 Å². The van der Waals surface area contributed by atoms with Crippen molar-refractivity contribution in [2.24, 2.45) is 0 Å². The first kappa shape index (κ1) is 13.2. The molecule has 0 fully saturated rings. The van der Waals surface area contributed by atoms with E-state index < -0.39 is 19.9 Å². The molecule has 5 nitrogen and oxygen atoms in total. The van der Waals surface area contributed by atoms with Crippen LogP contribution >= 0.6 is 19.2 Å². The van der Waals surface area contributed by atoms with Gasteiger partial charge in [0.1, 0.15) is 0 Å². The highest BCUT2D eigenvalue weighted by Crippen LogP contribution is 2.34. The van der Waals surface area contributed by atoms with Crippen LogP contribution in [-0.4, -0.2) is 22.1 Å². The molecule has 0 bridgehead atoms. The van der Waals surface area contributed by atoms with Crippen molar-refractivity contribution >= 4 is 25.2 Å². The Kier molecular flexibility index (Phi) is 4.50. The van der Waals surface area contributed by atoms with Crippen LogP contribution in [0.1, 0.15) is 15.9 Å². The summed E-state index contributed by atoms with van der Waals surface area (Å²) in [4.78, 5) is 28.4. The van der Waals surface area contributed by atoms with Gasteiger partial charge in [-0.1, -0.05) is 12.1 Å². The molecule has 0 atom stereocenters. The highest BCUT2D eigenvalue weighted by atomic mass is 35.5. The number of esters is 1. The summed E-state index contributed by atoms with van der Waals surface area (Å²) in [5.41, 5.74) is 0.943. The molecule has 0 spiro atoms. The molecule has 0 heterocycles. The predicted octanol–water partition coefficient (Wildman–Crippen LogP) is 1.72. The number of benzene rings is 1. The lowest BCUT2D eigenvalue weighted by Gasteiger charge is -2.06. The molecule has 1 rings (SSSR count). The molecule has 0 aliphatic carbocycles. The second-order valence-electron chi connectivity index (χ2n) is 3.06. The van der Waals surface area contributed by atoms with Gasteiger partial charge in [-0.3, -0.25) is 4.57 Å². The summed E-state index contributed by atoms with van der Waals surface area (Å²) in [5, 5.41) is 0. The van der Waals surface area contributed by atoms with Crippen molar-refractivity contribution in [2.75, 3.05) is 6.35 Å². The Bertz CT molecular complexity index is 428. The number of alkyl halides is 1. The summed E-state index contributed by atoms with van der Waals surface area (Å²) in [6.45, 7) is 0. The molecule has 2 N–H and O–H groups in total. The molecule has 16 heavy (non-hydrogen) atoms. The average Bonchev–Trinajstić information content (AvgIpc) is 2.25. The number of hydrogen-bond acceptors (Lipinski definition) is 3. The lowest BCUT2D eigenvalue weighted by Crippen LogP contribution is -2.06. The minimum Gasteiger partial charge on any atom is -0.449 e. The van der Waals surface area contributed by atoms with Gasteiger partial charge in [0.2, 0.25) is 0 Å². The smallest absolute Gasteiger partial charge is 0.362 e. The molecule has 88 valence electrons. The molecule has 1 aromatic carbocycles. The monoisotopic (exact) mass is 264 g/mol. The zero-order valence-corrected chi connectivity index (χ0v) is 9.82. The number of ether oxygens (including phenoxy) is 1. The molecular weight excluding hydrogens is 255 g/mol. The normalized spacial score (nSPS) is 11.2. The Labute approximate surface area is 97.2 Å². The lowest BCUT2D eigenvalue weighted by atomic mass is 10.1. The summed E-state index contributed by atoms with van der Waals surface area (Å²) in [7, 11) is -4.33. The molecule has 0 radical (unpaired) electrons. The fourth-order valence-corrected chi connectivity index (χ4v) is 1.46. The predicted molar refractivity (Wildman–Crippen MR) is 58.3 cm³/mol. The summed E-state index contributed by atoms with van der Waals surface area (Å²) in [6.07, 6.45) is -0.920. The Hall–Kier alpha value is -0.870. The van der Waals surface area contributed by atoms with Crippen molar-refractivity contribution in [3.8, 4) is 0 Å². The molecule has 0 aliphatic heterocycles. The van der Waals surface area contributed by atoms with E-state index in [9.17, 15) is 9.36 Å². The Morgan fingerprint density at radius 3 is 2.69 bits per heavy atom. The van der Waals surface area contributed by atoms with Crippen LogP contribution in [0.15, 0.2) is 24.3 Å². The minimum atomic E-state index is -4.33. The van der Waals surface area contributed by atoms with E-state index in [1.807, 2.05) is 0 Å². The topological polar surface area (TPSA) is 83.8 Å². The van der Waals surface area contributed by atoms with Gasteiger partial charge in [-0.05, 0) is 17.7 Å². The number of carbonyl (C=O) groups excluding carboxylic acids is 1. The molecule has 0 amide bonds. The third-order valence-electron chi connectivity index (χ3n) is 1.68. The zero-order valence-electron chi connectivity index (χ0n) is 8.17. The summed E-state index contributed by atoms with van der Waals surface area (Å²) >= 11 is 5.58. The molecule has 1 aromatic rings. The standard InChI is InChI=1S/C9H10ClO5P/c10-5-7-2-1-3-8(4-7)9(11)15-6-16(12,13)14/h1-4H,5-6H2,(H2,12,13,14). The highest BCUT2D eigenvalue weighted by Gasteiger charge is 2.17. The number of carbonyl (C=O) groups is 1. The van der Waals surface area contributed by atoms with Crippen LogP contribution < -0.4 is 0 Å². The van der Waals surface area contributed by atoms with Crippen molar-refractivity contribution < 1.29 is 23.9 Å². The van der Waals surface area contributed by atoms with Crippen molar-refractivity contribution in [2.45, 2.75) is 5.88 Å². The third kappa shape index (κ3) is 4.33. The van der Waals surface area contributed by atoms with Gasteiger partial charge < -0.3 is 14.5 Å². The number of rotatable bonds is 4. The van der Waals surface area contributed by atoms with Crippen molar-refractivity contribution in [3.63, 3.8) is 0 Å². The molecule has 0 saturated carbocycles. The van der Waals surface area contributed by atoms with Crippen molar-refractivity contribution in [3.05, 3.63) is 35.4 Å². The van der Waals surface area contributed by atoms with Gasteiger partial charge in [0, 0.05) is 5.88 Å². The molecule has 0 aliphatic rings. The fraction of sp³-hybridized carbons (Fsp3) is 0.222. The first-order valence-corrected chi connectivity index (χ1v) is 6.62. The Morgan fingerprint density at radius 2 is 2.12 bits per heavy atom. The maximum atomic E-state index is 11.4. The van der Waals surface area contributed by atoms with Crippen LogP contribution in [0.5, 0.6) is 0 Å². The second-order valence-corrected chi connectivity index (χ2v) is 4.91. The third-order valence-corrected chi connectivity index (χ3v) is 2.45. The molecule has 7 heteroatoms. The maximum Gasteiger partial charge on any atom is 0.362 e. The quantitative estimate of drug-likeness (QED) is 0.491. The van der Waals surface area contributed by atoms with Crippen LogP contribution in [0, 0.1) is 0 Å². The van der Waals surface area contributed by atoms with E-state index in [4.69, 9.17) is 21.4 Å². The van der Waals surface area contributed by atoms with Crippen LogP contribution in [0.2, 0.25) is 0 Å². The lowest BCUT2D eigenvalue weighted by molar-refractivity contribution is 0.0550. The van der Waals surface area contributed by atoms with E-state index in [-0.39, 0.29) is 11.4 Å². The Morgan fingerprint density at radius 1 is 1.44 bits per heavy atom. The van der Waals surface area contributed by atoms with Crippen LogP contribution in [0.4, 0.5) is 0 Å². The molecular formula is C9H10ClO5P. The van der Waals surface area contributed by atoms with Crippen molar-refractivity contribution in [1.29, 1.82) is 0 Å². The van der Waals surface area contributed by atoms with Gasteiger partial charge in [0.05, 0.1) is 5.56 Å². The van der Waals surface area contributed by atoms with E-state index >= 15 is 0 Å². The van der Waals surface area contributed by atoms with Crippen LogP contribution in [-0.2, 0) is 15.2 Å². The first-order valence-electron chi connectivity index (χ1n) is 4.29. The molecule has 0 aromatic heterocycles. The molecule has 0 unspecified atom stereocenters. The first-order chi connectivity index (χ1) is 7.42. The van der Waals surface area contributed by atoms with Gasteiger partial charge in [-0.15, -0.1) is 11.6 Å².